The van der Waals surface area contributed by atoms with Gasteiger partial charge < -0.3 is 0 Å². The second-order valence-electron chi connectivity index (χ2n) is 7.94. The molecule has 3 aliphatic rings. The summed E-state index contributed by atoms with van der Waals surface area (Å²) < 4.78 is 0. The van der Waals surface area contributed by atoms with Crippen molar-refractivity contribution in [3.05, 3.63) is 12.2 Å². The Kier molecular flexibility index (Phi) is 1.76. The van der Waals surface area contributed by atoms with Crippen molar-refractivity contribution in [2.45, 2.75) is 60.3 Å². The Morgan fingerprint density at radius 1 is 1.06 bits per heavy atom. The summed E-state index contributed by atoms with van der Waals surface area (Å²) in [7, 11) is 0. The van der Waals surface area contributed by atoms with Crippen LogP contribution in [0.1, 0.15) is 60.3 Å². The predicted molar refractivity (Wildman–Crippen MR) is 69.2 cm³/mol. The molecular weight excluding hydrogens is 192 g/mol. The van der Waals surface area contributed by atoms with Crippen molar-refractivity contribution in [2.24, 2.45) is 27.6 Å². The third-order valence-corrected chi connectivity index (χ3v) is 7.24. The fourth-order valence-electron chi connectivity index (χ4n) is 5.65. The maximum Gasteiger partial charge on any atom is -0.00311 e. The molecule has 3 unspecified atom stereocenters. The van der Waals surface area contributed by atoms with E-state index < -0.39 is 0 Å². The lowest BCUT2D eigenvalue weighted by atomic mass is 9.44. The van der Waals surface area contributed by atoms with Crippen LogP contribution in [0.2, 0.25) is 0 Å². The van der Waals surface area contributed by atoms with E-state index in [-0.39, 0.29) is 0 Å². The van der Waals surface area contributed by atoms with E-state index in [1.165, 1.54) is 25.7 Å². The topological polar surface area (TPSA) is 0 Å². The number of hydrogen-bond donors (Lipinski definition) is 0. The molecule has 0 aromatic heterocycles. The second kappa shape index (κ2) is 2.60. The molecule has 90 valence electrons. The molecule has 0 aromatic rings. The molecule has 0 aromatic carbocycles. The molecule has 0 N–H and O–H groups in total. The van der Waals surface area contributed by atoms with Crippen molar-refractivity contribution in [2.75, 3.05) is 0 Å². The van der Waals surface area contributed by atoms with Gasteiger partial charge in [0.05, 0.1) is 0 Å². The van der Waals surface area contributed by atoms with Crippen LogP contribution in [0.3, 0.4) is 0 Å². The van der Waals surface area contributed by atoms with E-state index in [2.05, 4.69) is 46.8 Å². The van der Waals surface area contributed by atoms with Crippen molar-refractivity contribution in [3.8, 4) is 0 Å². The molecule has 2 bridgehead atoms. The van der Waals surface area contributed by atoms with Crippen molar-refractivity contribution in [3.63, 3.8) is 0 Å². The molecule has 2 fully saturated rings. The first-order valence-electron chi connectivity index (χ1n) is 6.95. The first kappa shape index (κ1) is 10.9. The highest BCUT2D eigenvalue weighted by Gasteiger charge is 2.71. The van der Waals surface area contributed by atoms with Crippen LogP contribution in [0.15, 0.2) is 12.2 Å². The van der Waals surface area contributed by atoms with E-state index >= 15 is 0 Å². The first-order chi connectivity index (χ1) is 7.27. The number of rotatable bonds is 0. The van der Waals surface area contributed by atoms with E-state index in [0.717, 1.165) is 5.92 Å². The lowest BCUT2D eigenvalue weighted by Gasteiger charge is -2.60. The second-order valence-corrected chi connectivity index (χ2v) is 7.94. The van der Waals surface area contributed by atoms with Gasteiger partial charge >= 0.3 is 0 Å². The zero-order valence-corrected chi connectivity index (χ0v) is 11.6. The minimum absolute atomic E-state index is 0.435. The minimum Gasteiger partial charge on any atom is -0.0874 e. The molecular formula is C16H26. The first-order valence-corrected chi connectivity index (χ1v) is 6.95. The van der Waals surface area contributed by atoms with Crippen LogP contribution in [-0.4, -0.2) is 0 Å². The molecule has 0 aliphatic heterocycles. The molecule has 3 rings (SSSR count). The van der Waals surface area contributed by atoms with Gasteiger partial charge in [0.1, 0.15) is 0 Å². The SMILES string of the molecule is CC1(C)CC=CC2(C)C(C)(C)C3CCC12C3. The highest BCUT2D eigenvalue weighted by Crippen LogP contribution is 2.79. The lowest BCUT2D eigenvalue weighted by molar-refractivity contribution is -0.0784. The zero-order chi connectivity index (χ0) is 11.8. The van der Waals surface area contributed by atoms with Gasteiger partial charge in [0.25, 0.3) is 0 Å². The van der Waals surface area contributed by atoms with Crippen molar-refractivity contribution in [1.29, 1.82) is 0 Å². The molecule has 0 amide bonds. The van der Waals surface area contributed by atoms with Gasteiger partial charge in [0, 0.05) is 0 Å². The number of fused-ring (bicyclic) bond motifs is 1. The largest absolute Gasteiger partial charge is 0.0874 e. The Labute approximate surface area is 101 Å². The molecule has 3 aliphatic carbocycles. The Balaban J connectivity index is 2.23. The summed E-state index contributed by atoms with van der Waals surface area (Å²) >= 11 is 0. The van der Waals surface area contributed by atoms with Crippen LogP contribution in [-0.2, 0) is 0 Å². The Morgan fingerprint density at radius 2 is 1.75 bits per heavy atom. The Morgan fingerprint density at radius 3 is 2.38 bits per heavy atom. The minimum atomic E-state index is 0.435. The summed E-state index contributed by atoms with van der Waals surface area (Å²) in [5.41, 5.74) is 2.02. The summed E-state index contributed by atoms with van der Waals surface area (Å²) in [6.45, 7) is 12.6. The lowest BCUT2D eigenvalue weighted by Crippen LogP contribution is -2.53. The normalized spacial score (nSPS) is 51.7. The van der Waals surface area contributed by atoms with Crippen LogP contribution in [0.4, 0.5) is 0 Å². The fourth-order valence-corrected chi connectivity index (χ4v) is 5.65. The molecule has 2 saturated carbocycles. The number of hydrogen-bond acceptors (Lipinski definition) is 0. The smallest absolute Gasteiger partial charge is 0.00311 e. The maximum absolute atomic E-state index is 2.58. The molecule has 1 spiro atoms. The van der Waals surface area contributed by atoms with Gasteiger partial charge in [-0.25, -0.2) is 0 Å². The summed E-state index contributed by atoms with van der Waals surface area (Å²) in [6, 6.07) is 0. The number of allylic oxidation sites excluding steroid dienone is 2. The quantitative estimate of drug-likeness (QED) is 0.512. The van der Waals surface area contributed by atoms with Crippen molar-refractivity contribution < 1.29 is 0 Å². The average molecular weight is 218 g/mol. The highest BCUT2D eigenvalue weighted by atomic mass is 14.8. The van der Waals surface area contributed by atoms with Gasteiger partial charge in [0.15, 0.2) is 0 Å². The molecule has 0 nitrogen and oxygen atoms in total. The standard InChI is InChI=1S/C16H26/c1-13(2)8-6-9-15(5)14(3,4)12-7-10-16(13,15)11-12/h6,9,12H,7-8,10-11H2,1-5H3. The maximum atomic E-state index is 2.58. The van der Waals surface area contributed by atoms with Crippen LogP contribution in [0, 0.1) is 27.6 Å². The van der Waals surface area contributed by atoms with E-state index in [9.17, 15) is 0 Å². The molecule has 3 atom stereocenters. The zero-order valence-electron chi connectivity index (χ0n) is 11.6. The van der Waals surface area contributed by atoms with Gasteiger partial charge in [-0.05, 0) is 53.3 Å². The third kappa shape index (κ3) is 0.833. The molecule has 0 heteroatoms. The Hall–Kier alpha value is -0.260. The van der Waals surface area contributed by atoms with E-state index in [4.69, 9.17) is 0 Å². The van der Waals surface area contributed by atoms with E-state index in [1.807, 2.05) is 0 Å². The van der Waals surface area contributed by atoms with E-state index in [1.54, 1.807) is 0 Å². The van der Waals surface area contributed by atoms with Crippen LogP contribution in [0.5, 0.6) is 0 Å². The van der Waals surface area contributed by atoms with Gasteiger partial charge in [0.2, 0.25) is 0 Å². The molecule has 0 saturated heterocycles. The van der Waals surface area contributed by atoms with Gasteiger partial charge in [-0.1, -0.05) is 46.8 Å². The van der Waals surface area contributed by atoms with Crippen molar-refractivity contribution in [1.82, 2.24) is 0 Å². The summed E-state index contributed by atoms with van der Waals surface area (Å²) in [6.07, 6.45) is 10.7. The van der Waals surface area contributed by atoms with E-state index in [0.29, 0.717) is 21.7 Å². The third-order valence-electron chi connectivity index (χ3n) is 7.24. The monoisotopic (exact) mass is 218 g/mol. The molecule has 16 heavy (non-hydrogen) atoms. The van der Waals surface area contributed by atoms with Gasteiger partial charge in [-0.3, -0.25) is 0 Å². The summed E-state index contributed by atoms with van der Waals surface area (Å²) in [5, 5.41) is 0. The highest BCUT2D eigenvalue weighted by molar-refractivity contribution is 5.29. The van der Waals surface area contributed by atoms with Crippen molar-refractivity contribution >= 4 is 0 Å². The van der Waals surface area contributed by atoms with Crippen LogP contribution in [0.25, 0.3) is 0 Å². The summed E-state index contributed by atoms with van der Waals surface area (Å²) in [5.74, 6) is 0.958. The molecule has 0 radical (unpaired) electrons. The Bertz CT molecular complexity index is 360. The average Bonchev–Trinajstić information content (AvgIpc) is 2.66. The fraction of sp³-hybridized carbons (Fsp3) is 0.875. The summed E-state index contributed by atoms with van der Waals surface area (Å²) in [4.78, 5) is 0. The van der Waals surface area contributed by atoms with Crippen LogP contribution < -0.4 is 0 Å². The predicted octanol–water partition coefficient (Wildman–Crippen LogP) is 4.81. The molecule has 0 heterocycles. The van der Waals surface area contributed by atoms with Gasteiger partial charge in [-0.2, -0.15) is 0 Å². The van der Waals surface area contributed by atoms with Crippen LogP contribution >= 0.6 is 0 Å². The van der Waals surface area contributed by atoms with Gasteiger partial charge in [-0.15, -0.1) is 0 Å².